The number of benzene rings is 2. The zero-order valence-corrected chi connectivity index (χ0v) is 21.1. The first-order chi connectivity index (χ1) is 17.7. The maximum atomic E-state index is 13.1. The summed E-state index contributed by atoms with van der Waals surface area (Å²) in [5, 5.41) is 0. The highest BCUT2D eigenvalue weighted by atomic mass is 16.5. The molecule has 0 aliphatic rings. The Kier molecular flexibility index (Phi) is 7.78. The average molecular weight is 504 g/mol. The van der Waals surface area contributed by atoms with Crippen molar-refractivity contribution < 1.29 is 14.3 Å². The first kappa shape index (κ1) is 25.8. The van der Waals surface area contributed by atoms with E-state index in [4.69, 9.17) is 4.74 Å². The molecule has 10 nitrogen and oxygen atoms in total. The van der Waals surface area contributed by atoms with Crippen LogP contribution in [0.25, 0.3) is 11.2 Å². The van der Waals surface area contributed by atoms with Gasteiger partial charge in [0.05, 0.1) is 12.9 Å². The van der Waals surface area contributed by atoms with Crippen molar-refractivity contribution in [1.29, 1.82) is 0 Å². The van der Waals surface area contributed by atoms with Crippen molar-refractivity contribution in [2.45, 2.75) is 26.4 Å². The van der Waals surface area contributed by atoms with Crippen LogP contribution in [0.15, 0.2) is 70.5 Å². The Morgan fingerprint density at radius 2 is 1.68 bits per heavy atom. The maximum absolute atomic E-state index is 13.1. The summed E-state index contributed by atoms with van der Waals surface area (Å²) < 4.78 is 9.24. The fraction of sp³-hybridized carbons (Fsp3) is 0.296. The fourth-order valence-electron chi connectivity index (χ4n) is 4.26. The predicted octanol–water partition coefficient (Wildman–Crippen LogP) is 2.13. The summed E-state index contributed by atoms with van der Waals surface area (Å²) in [6.45, 7) is 3.20. The zero-order chi connectivity index (χ0) is 26.5. The number of hydrogen-bond acceptors (Lipinski definition) is 7. The Morgan fingerprint density at radius 3 is 2.35 bits per heavy atom. The third-order valence-corrected chi connectivity index (χ3v) is 6.14. The average Bonchev–Trinajstić information content (AvgIpc) is 3.31. The number of carbonyl (C=O) groups excluding carboxylic acids is 2. The van der Waals surface area contributed by atoms with Crippen molar-refractivity contribution in [3.8, 4) is 5.75 Å². The lowest BCUT2D eigenvalue weighted by Gasteiger charge is -2.22. The van der Waals surface area contributed by atoms with Crippen LogP contribution in [0.3, 0.4) is 0 Å². The van der Waals surface area contributed by atoms with Gasteiger partial charge in [0.2, 0.25) is 0 Å². The van der Waals surface area contributed by atoms with E-state index in [1.54, 1.807) is 42.2 Å². The first-order valence-corrected chi connectivity index (χ1v) is 11.9. The van der Waals surface area contributed by atoms with E-state index in [-0.39, 0.29) is 17.9 Å². The molecular formula is C27H29N5O5. The molecule has 0 fully saturated rings. The van der Waals surface area contributed by atoms with Crippen LogP contribution in [0.4, 0.5) is 0 Å². The standard InChI is InChI=1S/C27H29N5O5/c1-19(33)37-22-12-10-21(11-13-22)23(34)17-31(16-20-8-5-4-6-9-20)14-7-15-32-18-28-25-24(32)26(35)30(3)27(36)29(25)2/h4-6,8-13,18H,7,14-17H2,1-3H3. The summed E-state index contributed by atoms with van der Waals surface area (Å²) in [6.07, 6.45) is 2.23. The van der Waals surface area contributed by atoms with Gasteiger partial charge in [-0.25, -0.2) is 9.78 Å². The molecule has 0 spiro atoms. The first-order valence-electron chi connectivity index (χ1n) is 11.9. The number of carbonyl (C=O) groups is 2. The number of rotatable bonds is 10. The molecule has 37 heavy (non-hydrogen) atoms. The fourth-order valence-corrected chi connectivity index (χ4v) is 4.26. The highest BCUT2D eigenvalue weighted by Crippen LogP contribution is 2.15. The number of aromatic nitrogens is 4. The van der Waals surface area contributed by atoms with Gasteiger partial charge in [0.25, 0.3) is 5.56 Å². The number of nitrogens with zero attached hydrogens (tertiary/aromatic N) is 5. The van der Waals surface area contributed by atoms with Crippen molar-refractivity contribution in [2.75, 3.05) is 13.1 Å². The normalized spacial score (nSPS) is 11.2. The summed E-state index contributed by atoms with van der Waals surface area (Å²) in [5.41, 5.74) is 1.53. The molecule has 0 N–H and O–H groups in total. The summed E-state index contributed by atoms with van der Waals surface area (Å²) in [4.78, 5) is 55.4. The summed E-state index contributed by atoms with van der Waals surface area (Å²) in [5.74, 6) is -0.0810. The van der Waals surface area contributed by atoms with Gasteiger partial charge in [-0.05, 0) is 36.2 Å². The summed E-state index contributed by atoms with van der Waals surface area (Å²) in [6, 6.07) is 16.4. The van der Waals surface area contributed by atoms with Gasteiger partial charge in [-0.1, -0.05) is 30.3 Å². The minimum atomic E-state index is -0.420. The van der Waals surface area contributed by atoms with Crippen molar-refractivity contribution in [1.82, 2.24) is 23.6 Å². The van der Waals surface area contributed by atoms with Crippen molar-refractivity contribution >= 4 is 22.9 Å². The second kappa shape index (κ2) is 11.2. The molecule has 2 heterocycles. The van der Waals surface area contributed by atoms with Gasteiger partial charge in [0, 0.05) is 46.2 Å². The van der Waals surface area contributed by atoms with Gasteiger partial charge in [-0.15, -0.1) is 0 Å². The van der Waals surface area contributed by atoms with Crippen LogP contribution in [0, 0.1) is 0 Å². The smallest absolute Gasteiger partial charge is 0.332 e. The van der Waals surface area contributed by atoms with Gasteiger partial charge in [-0.3, -0.25) is 28.4 Å². The lowest BCUT2D eigenvalue weighted by molar-refractivity contribution is -0.131. The molecular weight excluding hydrogens is 474 g/mol. The minimum absolute atomic E-state index is 0.0535. The van der Waals surface area contributed by atoms with E-state index in [1.165, 1.54) is 18.5 Å². The van der Waals surface area contributed by atoms with Gasteiger partial charge < -0.3 is 9.30 Å². The Balaban J connectivity index is 1.48. The maximum Gasteiger partial charge on any atom is 0.332 e. The topological polar surface area (TPSA) is 108 Å². The van der Waals surface area contributed by atoms with Crippen molar-refractivity contribution in [3.63, 3.8) is 0 Å². The van der Waals surface area contributed by atoms with E-state index in [9.17, 15) is 19.2 Å². The second-order valence-electron chi connectivity index (χ2n) is 8.91. The number of fused-ring (bicyclic) bond motifs is 1. The largest absolute Gasteiger partial charge is 0.427 e. The van der Waals surface area contributed by atoms with E-state index in [1.807, 2.05) is 30.3 Å². The van der Waals surface area contributed by atoms with Crippen LogP contribution in [-0.2, 0) is 32.0 Å². The molecule has 0 atom stereocenters. The lowest BCUT2D eigenvalue weighted by atomic mass is 10.1. The molecule has 0 saturated heterocycles. The van der Waals surface area contributed by atoms with Crippen molar-refractivity contribution in [2.24, 2.45) is 14.1 Å². The Bertz CT molecular complexity index is 1530. The summed E-state index contributed by atoms with van der Waals surface area (Å²) >= 11 is 0. The number of aryl methyl sites for hydroxylation is 2. The van der Waals surface area contributed by atoms with Crippen LogP contribution in [-0.4, -0.2) is 48.4 Å². The minimum Gasteiger partial charge on any atom is -0.427 e. The molecule has 0 aliphatic carbocycles. The number of ketones is 1. The third kappa shape index (κ3) is 5.92. The lowest BCUT2D eigenvalue weighted by Crippen LogP contribution is -2.37. The molecule has 0 bridgehead atoms. The van der Waals surface area contributed by atoms with E-state index < -0.39 is 11.7 Å². The highest BCUT2D eigenvalue weighted by Gasteiger charge is 2.16. The Hall–Kier alpha value is -4.31. The number of hydrogen-bond donors (Lipinski definition) is 0. The van der Waals surface area contributed by atoms with Crippen LogP contribution in [0.2, 0.25) is 0 Å². The molecule has 0 aliphatic heterocycles. The van der Waals surface area contributed by atoms with Gasteiger partial charge in [-0.2, -0.15) is 0 Å². The number of ether oxygens (including phenoxy) is 1. The summed E-state index contributed by atoms with van der Waals surface area (Å²) in [7, 11) is 3.04. The second-order valence-corrected chi connectivity index (χ2v) is 8.91. The van der Waals surface area contributed by atoms with Gasteiger partial charge in [0.15, 0.2) is 16.9 Å². The van der Waals surface area contributed by atoms with E-state index >= 15 is 0 Å². The Labute approximate surface area is 213 Å². The van der Waals surface area contributed by atoms with E-state index in [0.29, 0.717) is 48.5 Å². The number of Topliss-reactive ketones (excluding diaryl/α,β-unsaturated/α-hetero) is 1. The quantitative estimate of drug-likeness (QED) is 0.185. The molecule has 4 rings (SSSR count). The van der Waals surface area contributed by atoms with E-state index in [2.05, 4.69) is 9.88 Å². The van der Waals surface area contributed by atoms with Gasteiger partial charge >= 0.3 is 11.7 Å². The van der Waals surface area contributed by atoms with Crippen LogP contribution >= 0.6 is 0 Å². The number of imidazole rings is 1. The zero-order valence-electron chi connectivity index (χ0n) is 21.1. The Morgan fingerprint density at radius 1 is 0.973 bits per heavy atom. The van der Waals surface area contributed by atoms with Crippen LogP contribution in [0.5, 0.6) is 5.75 Å². The molecule has 192 valence electrons. The molecule has 2 aromatic heterocycles. The predicted molar refractivity (Wildman–Crippen MR) is 139 cm³/mol. The molecule has 0 radical (unpaired) electrons. The third-order valence-electron chi connectivity index (χ3n) is 6.14. The van der Waals surface area contributed by atoms with Crippen LogP contribution < -0.4 is 16.0 Å². The molecule has 0 amide bonds. The number of esters is 1. The van der Waals surface area contributed by atoms with Gasteiger partial charge in [0.1, 0.15) is 5.75 Å². The molecule has 2 aromatic carbocycles. The van der Waals surface area contributed by atoms with Crippen LogP contribution in [0.1, 0.15) is 29.3 Å². The monoisotopic (exact) mass is 503 g/mol. The molecule has 0 saturated carbocycles. The van der Waals surface area contributed by atoms with E-state index in [0.717, 1.165) is 10.1 Å². The highest BCUT2D eigenvalue weighted by molar-refractivity contribution is 5.97. The van der Waals surface area contributed by atoms with Crippen molar-refractivity contribution in [3.05, 3.63) is 92.9 Å². The molecule has 0 unspecified atom stereocenters. The molecule has 10 heteroatoms. The molecule has 4 aromatic rings. The SMILES string of the molecule is CC(=O)Oc1ccc(C(=O)CN(CCCn2cnc3c2c(=O)n(C)c(=O)n3C)Cc2ccccc2)cc1.